The molecule has 1 saturated heterocycles. The van der Waals surface area contributed by atoms with E-state index < -0.39 is 27.6 Å². The predicted octanol–water partition coefficient (Wildman–Crippen LogP) is 4.63. The third-order valence-corrected chi connectivity index (χ3v) is 6.63. The van der Waals surface area contributed by atoms with Crippen molar-refractivity contribution in [3.8, 4) is 11.3 Å². The standard InChI is InChI=1S/C22H22F3N3O4S/c1-12(2)19-16-11-15(4-5-17(16)27-20(19)14-6-8-26-13(3)10-14)28-9-7-18(21(28)29)32-33(30,31)22(23,24)25/h4-6,8,10-12,18,27H,7,9H2,1-3H3. The van der Waals surface area contributed by atoms with Crippen molar-refractivity contribution in [3.63, 3.8) is 0 Å². The number of carbonyl (C=O) groups is 1. The van der Waals surface area contributed by atoms with Crippen LogP contribution in [0.25, 0.3) is 22.2 Å². The van der Waals surface area contributed by atoms with Gasteiger partial charge in [-0.2, -0.15) is 21.6 Å². The number of aryl methyl sites for hydroxylation is 1. The van der Waals surface area contributed by atoms with Crippen LogP contribution >= 0.6 is 0 Å². The van der Waals surface area contributed by atoms with Gasteiger partial charge in [0.25, 0.3) is 5.91 Å². The highest BCUT2D eigenvalue weighted by atomic mass is 32.2. The Morgan fingerprint density at radius 3 is 2.58 bits per heavy atom. The number of pyridine rings is 1. The van der Waals surface area contributed by atoms with Gasteiger partial charge in [0.1, 0.15) is 0 Å². The number of nitrogens with zero attached hydrogens (tertiary/aromatic N) is 2. The van der Waals surface area contributed by atoms with E-state index in [2.05, 4.69) is 14.2 Å². The zero-order valence-corrected chi connectivity index (χ0v) is 18.9. The van der Waals surface area contributed by atoms with E-state index in [9.17, 15) is 26.4 Å². The van der Waals surface area contributed by atoms with E-state index >= 15 is 0 Å². The molecule has 0 spiro atoms. The molecule has 1 fully saturated rings. The van der Waals surface area contributed by atoms with E-state index in [1.807, 2.05) is 32.9 Å². The number of anilines is 1. The molecule has 0 aliphatic carbocycles. The molecule has 7 nitrogen and oxygen atoms in total. The summed E-state index contributed by atoms with van der Waals surface area (Å²) in [6.07, 6.45) is -0.153. The lowest BCUT2D eigenvalue weighted by atomic mass is 9.96. The number of nitrogens with one attached hydrogen (secondary N) is 1. The van der Waals surface area contributed by atoms with E-state index in [4.69, 9.17) is 0 Å². The van der Waals surface area contributed by atoms with Crippen LogP contribution in [0.1, 0.15) is 37.4 Å². The fourth-order valence-electron chi connectivity index (χ4n) is 4.10. The van der Waals surface area contributed by atoms with Gasteiger partial charge >= 0.3 is 15.6 Å². The first kappa shape index (κ1) is 23.2. The third-order valence-electron chi connectivity index (χ3n) is 5.58. The molecule has 2 aromatic heterocycles. The lowest BCUT2D eigenvalue weighted by Crippen LogP contribution is -2.35. The van der Waals surface area contributed by atoms with Crippen LogP contribution in [0.4, 0.5) is 18.9 Å². The minimum atomic E-state index is -5.86. The van der Waals surface area contributed by atoms with Gasteiger partial charge < -0.3 is 9.88 Å². The minimum Gasteiger partial charge on any atom is -0.354 e. The van der Waals surface area contributed by atoms with Gasteiger partial charge in [-0.1, -0.05) is 13.8 Å². The number of alkyl halides is 3. The molecule has 1 aliphatic heterocycles. The van der Waals surface area contributed by atoms with E-state index in [1.165, 1.54) is 4.90 Å². The number of H-pyrrole nitrogens is 1. The van der Waals surface area contributed by atoms with Crippen molar-refractivity contribution in [1.82, 2.24) is 9.97 Å². The number of rotatable bonds is 5. The second-order valence-electron chi connectivity index (χ2n) is 8.25. The van der Waals surface area contributed by atoms with Gasteiger partial charge in [0.15, 0.2) is 6.10 Å². The normalized spacial score (nSPS) is 17.5. The van der Waals surface area contributed by atoms with Gasteiger partial charge in [-0.05, 0) is 48.7 Å². The number of carbonyl (C=O) groups excluding carboxylic acids is 1. The number of aromatic amines is 1. The summed E-state index contributed by atoms with van der Waals surface area (Å²) >= 11 is 0. The molecular formula is C22H22F3N3O4S. The maximum absolute atomic E-state index is 12.7. The van der Waals surface area contributed by atoms with Crippen LogP contribution in [0, 0.1) is 6.92 Å². The molecule has 3 heterocycles. The molecule has 3 aromatic rings. The number of amides is 1. The monoisotopic (exact) mass is 481 g/mol. The summed E-state index contributed by atoms with van der Waals surface area (Å²) in [5, 5.41) is 0.868. The fraction of sp³-hybridized carbons (Fsp3) is 0.364. The van der Waals surface area contributed by atoms with Crippen LogP contribution in [0.2, 0.25) is 0 Å². The zero-order valence-electron chi connectivity index (χ0n) is 18.1. The third kappa shape index (κ3) is 4.22. The van der Waals surface area contributed by atoms with Gasteiger partial charge in [-0.15, -0.1) is 0 Å². The average molecular weight is 481 g/mol. The summed E-state index contributed by atoms with van der Waals surface area (Å²) in [7, 11) is -5.86. The lowest BCUT2D eigenvalue weighted by Gasteiger charge is -2.18. The molecule has 0 saturated carbocycles. The Kier molecular flexibility index (Phi) is 5.73. The quantitative estimate of drug-likeness (QED) is 0.424. The molecule has 1 aromatic carbocycles. The average Bonchev–Trinajstić information content (AvgIpc) is 3.27. The smallest absolute Gasteiger partial charge is 0.354 e. The first-order valence-electron chi connectivity index (χ1n) is 10.3. The summed E-state index contributed by atoms with van der Waals surface area (Å²) < 4.78 is 64.8. The van der Waals surface area contributed by atoms with Gasteiger partial charge in [-0.3, -0.25) is 9.78 Å². The maximum atomic E-state index is 12.7. The van der Waals surface area contributed by atoms with Crippen LogP contribution in [-0.4, -0.2) is 42.4 Å². The molecule has 1 unspecified atom stereocenters. The molecule has 11 heteroatoms. The number of fused-ring (bicyclic) bond motifs is 1. The zero-order chi connectivity index (χ0) is 24.1. The van der Waals surface area contributed by atoms with Crippen molar-refractivity contribution < 1.29 is 30.6 Å². The summed E-state index contributed by atoms with van der Waals surface area (Å²) in [5.74, 6) is -0.700. The number of hydrogen-bond acceptors (Lipinski definition) is 5. The van der Waals surface area contributed by atoms with Gasteiger partial charge in [-0.25, -0.2) is 4.18 Å². The summed E-state index contributed by atoms with van der Waals surface area (Å²) in [6, 6.07) is 9.12. The molecule has 1 N–H and O–H groups in total. The number of benzene rings is 1. The number of halogens is 3. The fourth-order valence-corrected chi connectivity index (χ4v) is 4.70. The molecule has 4 rings (SSSR count). The molecule has 176 valence electrons. The molecule has 1 amide bonds. The first-order chi connectivity index (χ1) is 15.4. The SMILES string of the molecule is Cc1cc(-c2[nH]c3ccc(N4CCC(OS(=O)(=O)C(F)(F)F)C4=O)cc3c2C(C)C)ccn1. The number of aromatic nitrogens is 2. The highest BCUT2D eigenvalue weighted by molar-refractivity contribution is 7.87. The van der Waals surface area contributed by atoms with Gasteiger partial charge in [0.05, 0.1) is 5.69 Å². The Morgan fingerprint density at radius 1 is 1.21 bits per heavy atom. The van der Waals surface area contributed by atoms with Crippen LogP contribution in [0.3, 0.4) is 0 Å². The second-order valence-corrected chi connectivity index (χ2v) is 9.81. The minimum absolute atomic E-state index is 0.0419. The van der Waals surface area contributed by atoms with Crippen molar-refractivity contribution >= 4 is 32.6 Å². The summed E-state index contributed by atoms with van der Waals surface area (Å²) in [6.45, 7) is 6.02. The van der Waals surface area contributed by atoms with Crippen molar-refractivity contribution in [1.29, 1.82) is 0 Å². The van der Waals surface area contributed by atoms with Crippen molar-refractivity contribution in [2.75, 3.05) is 11.4 Å². The van der Waals surface area contributed by atoms with E-state index in [0.29, 0.717) is 5.69 Å². The molecule has 1 atom stereocenters. The van der Waals surface area contributed by atoms with Crippen LogP contribution < -0.4 is 4.90 Å². The molecule has 0 bridgehead atoms. The van der Waals surface area contributed by atoms with E-state index in [-0.39, 0.29) is 18.9 Å². The Morgan fingerprint density at radius 2 is 1.94 bits per heavy atom. The largest absolute Gasteiger partial charge is 0.523 e. The first-order valence-corrected chi connectivity index (χ1v) is 11.7. The molecule has 0 radical (unpaired) electrons. The highest BCUT2D eigenvalue weighted by Crippen LogP contribution is 2.38. The summed E-state index contributed by atoms with van der Waals surface area (Å²) in [4.78, 5) is 21.6. The van der Waals surface area contributed by atoms with Gasteiger partial charge in [0, 0.05) is 47.0 Å². The van der Waals surface area contributed by atoms with E-state index in [1.54, 1.807) is 24.4 Å². The van der Waals surface area contributed by atoms with Crippen molar-refractivity contribution in [2.45, 2.75) is 44.7 Å². The highest BCUT2D eigenvalue weighted by Gasteiger charge is 2.51. The van der Waals surface area contributed by atoms with Crippen molar-refractivity contribution in [3.05, 3.63) is 47.8 Å². The lowest BCUT2D eigenvalue weighted by molar-refractivity contribution is -0.123. The van der Waals surface area contributed by atoms with Crippen LogP contribution in [0.15, 0.2) is 36.5 Å². The van der Waals surface area contributed by atoms with Crippen LogP contribution in [-0.2, 0) is 19.1 Å². The predicted molar refractivity (Wildman–Crippen MR) is 117 cm³/mol. The maximum Gasteiger partial charge on any atom is 0.523 e. The topological polar surface area (TPSA) is 92.4 Å². The molecule has 1 aliphatic rings. The Labute approximate surface area is 188 Å². The van der Waals surface area contributed by atoms with E-state index in [0.717, 1.165) is 33.4 Å². The Bertz CT molecular complexity index is 1330. The van der Waals surface area contributed by atoms with Gasteiger partial charge in [0.2, 0.25) is 0 Å². The van der Waals surface area contributed by atoms with Crippen molar-refractivity contribution in [2.24, 2.45) is 0 Å². The van der Waals surface area contributed by atoms with Crippen LogP contribution in [0.5, 0.6) is 0 Å². The Hall–Kier alpha value is -2.92. The summed E-state index contributed by atoms with van der Waals surface area (Å²) in [5.41, 5.74) is -0.508. The Balaban J connectivity index is 1.70. The second kappa shape index (κ2) is 8.14. The molecular weight excluding hydrogens is 459 g/mol. The number of hydrogen-bond donors (Lipinski definition) is 1. The molecule has 33 heavy (non-hydrogen) atoms.